The molecule has 0 N–H and O–H groups in total. The summed E-state index contributed by atoms with van der Waals surface area (Å²) < 4.78 is 82.1. The van der Waals surface area contributed by atoms with Crippen molar-refractivity contribution in [3.63, 3.8) is 0 Å². The van der Waals surface area contributed by atoms with E-state index in [1.165, 1.54) is 56.7 Å². The van der Waals surface area contributed by atoms with Gasteiger partial charge in [-0.3, -0.25) is 0 Å². The number of alkyl halides is 5. The average Bonchev–Trinajstić information content (AvgIpc) is 3.88. The van der Waals surface area contributed by atoms with Gasteiger partial charge in [0.1, 0.15) is 0 Å². The van der Waals surface area contributed by atoms with Crippen molar-refractivity contribution in [3.8, 4) is 48.8 Å². The maximum Gasteiger partial charge on any atom is 0.313 e. The van der Waals surface area contributed by atoms with E-state index in [4.69, 9.17) is 0 Å². The molecule has 48 heavy (non-hydrogen) atoms. The van der Waals surface area contributed by atoms with Gasteiger partial charge in [-0.05, 0) is 97.8 Å². The molecule has 7 heterocycles. The summed E-state index contributed by atoms with van der Waals surface area (Å²) in [6.07, 6.45) is 0. The molecule has 1 atom stereocenters. The predicted octanol–water partition coefficient (Wildman–Crippen LogP) is 15.0. The van der Waals surface area contributed by atoms with Crippen LogP contribution in [0.15, 0.2) is 83.6 Å². The van der Waals surface area contributed by atoms with Crippen LogP contribution in [0.4, 0.5) is 22.0 Å². The predicted molar refractivity (Wildman–Crippen MR) is 201 cm³/mol. The molecule has 0 saturated carbocycles. The summed E-state index contributed by atoms with van der Waals surface area (Å²) in [5, 5.41) is 3.97. The third kappa shape index (κ3) is 5.01. The van der Waals surface area contributed by atoms with E-state index in [9.17, 15) is 0 Å². The molecule has 0 fully saturated rings. The highest BCUT2D eigenvalue weighted by Crippen LogP contribution is 2.66. The van der Waals surface area contributed by atoms with Crippen molar-refractivity contribution in [2.75, 3.05) is 0 Å². The number of rotatable bonds is 7. The molecule has 7 aromatic heterocycles. The first kappa shape index (κ1) is 32.5. The van der Waals surface area contributed by atoms with Gasteiger partial charge in [0.25, 0.3) is 0 Å². The molecule has 0 aromatic carbocycles. The van der Waals surface area contributed by atoms with Crippen LogP contribution in [-0.2, 0) is 0 Å². The zero-order chi connectivity index (χ0) is 33.6. The Morgan fingerprint density at radius 1 is 0.479 bits per heavy atom. The molecule has 12 heteroatoms. The summed E-state index contributed by atoms with van der Waals surface area (Å²) in [6, 6.07) is 22.5. The van der Waals surface area contributed by atoms with E-state index in [2.05, 4.69) is 0 Å². The van der Waals surface area contributed by atoms with Crippen LogP contribution < -0.4 is 0 Å². The third-order valence-electron chi connectivity index (χ3n) is 8.44. The summed E-state index contributed by atoms with van der Waals surface area (Å²) in [5.41, 5.74) is -6.11. The topological polar surface area (TPSA) is 0 Å². The number of halogens is 5. The van der Waals surface area contributed by atoms with Crippen LogP contribution in [0.1, 0.15) is 27.8 Å². The van der Waals surface area contributed by atoms with Gasteiger partial charge in [-0.1, -0.05) is 12.1 Å². The van der Waals surface area contributed by atoms with Gasteiger partial charge in [-0.25, -0.2) is 4.39 Å². The number of allylic oxidation sites excluding steroid dienone is 2. The van der Waals surface area contributed by atoms with Gasteiger partial charge in [0.05, 0.1) is 4.88 Å². The minimum absolute atomic E-state index is 0.0423. The Morgan fingerprint density at radius 2 is 0.958 bits per heavy atom. The van der Waals surface area contributed by atoms with Crippen LogP contribution in [0.3, 0.4) is 0 Å². The molecule has 1 aliphatic carbocycles. The largest absolute Gasteiger partial charge is 0.313 e. The summed E-state index contributed by atoms with van der Waals surface area (Å²) >= 11 is 10.1. The van der Waals surface area contributed by atoms with Gasteiger partial charge >= 0.3 is 11.8 Å². The molecule has 0 amide bonds. The first-order valence-electron chi connectivity index (χ1n) is 14.7. The second-order valence-corrected chi connectivity index (χ2v) is 19.2. The van der Waals surface area contributed by atoms with Gasteiger partial charge < -0.3 is 0 Å². The highest BCUT2D eigenvalue weighted by Gasteiger charge is 2.76. The lowest BCUT2D eigenvalue weighted by molar-refractivity contribution is -0.173. The van der Waals surface area contributed by atoms with Crippen LogP contribution in [0.25, 0.3) is 59.9 Å². The monoisotopic (exact) mass is 774 g/mol. The standard InChI is InChI=1S/C36H23F5S7/c1-18-8-9-28(44-18)33-21(17-30(48-33)27-13-11-25(47-27)23-7-5-15-43-23)32-31(35(38,39)34(3,37)36(32,40)41)20-16-29(45-19(20)2)26-12-10-24(46-26)22-6-4-14-42-22/h4-17H,1-3H3. The minimum atomic E-state index is -4.48. The second-order valence-electron chi connectivity index (χ2n) is 11.5. The van der Waals surface area contributed by atoms with Gasteiger partial charge in [-0.2, -0.15) is 17.6 Å². The summed E-state index contributed by atoms with van der Waals surface area (Å²) in [5.74, 6) is -8.95. The van der Waals surface area contributed by atoms with E-state index in [1.54, 1.807) is 41.7 Å². The SMILES string of the molecule is Cc1ccc(-c2sc(-c3ccc(-c4cccs4)s3)cc2C2=C(c3cc(-c4ccc(-c5cccs5)s4)sc3C)C(F)(F)C(C)(F)C2(F)F)s1. The number of aryl methyl sites for hydroxylation is 2. The normalized spacial score (nSPS) is 18.8. The van der Waals surface area contributed by atoms with Crippen LogP contribution in [0, 0.1) is 13.8 Å². The molecular formula is C36H23F5S7. The molecule has 0 bridgehead atoms. The Morgan fingerprint density at radius 3 is 1.46 bits per heavy atom. The number of hydrogen-bond donors (Lipinski definition) is 0. The van der Waals surface area contributed by atoms with E-state index in [0.717, 1.165) is 34.1 Å². The van der Waals surface area contributed by atoms with E-state index < -0.39 is 28.7 Å². The van der Waals surface area contributed by atoms with Crippen molar-refractivity contribution >= 4 is 90.5 Å². The quantitative estimate of drug-likeness (QED) is 0.142. The first-order chi connectivity index (χ1) is 22.9. The highest BCUT2D eigenvalue weighted by atomic mass is 32.1. The molecule has 244 valence electrons. The number of thiophene rings is 7. The molecule has 0 aliphatic heterocycles. The Bertz CT molecular complexity index is 2300. The fourth-order valence-corrected chi connectivity index (χ4v) is 12.9. The maximum absolute atomic E-state index is 16.5. The van der Waals surface area contributed by atoms with E-state index in [1.807, 2.05) is 78.3 Å². The summed E-state index contributed by atoms with van der Waals surface area (Å²) in [4.78, 5) is 9.70. The first-order valence-corrected chi connectivity index (χ1v) is 20.5. The molecule has 0 saturated heterocycles. The van der Waals surface area contributed by atoms with Crippen LogP contribution in [0.5, 0.6) is 0 Å². The lowest BCUT2D eigenvalue weighted by Crippen LogP contribution is -2.50. The van der Waals surface area contributed by atoms with Crippen molar-refractivity contribution in [2.45, 2.75) is 38.3 Å². The zero-order valence-corrected chi connectivity index (χ0v) is 31.0. The van der Waals surface area contributed by atoms with Gasteiger partial charge in [0.15, 0.2) is 0 Å². The smallest absolute Gasteiger partial charge is 0.230 e. The molecule has 1 aliphatic rings. The Labute approximate surface area is 301 Å². The molecule has 0 nitrogen and oxygen atoms in total. The maximum atomic E-state index is 16.5. The van der Waals surface area contributed by atoms with E-state index in [-0.39, 0.29) is 11.1 Å². The average molecular weight is 775 g/mol. The van der Waals surface area contributed by atoms with Crippen LogP contribution in [-0.4, -0.2) is 17.5 Å². The Balaban J connectivity index is 1.34. The van der Waals surface area contributed by atoms with E-state index in [0.29, 0.717) is 31.3 Å². The van der Waals surface area contributed by atoms with Crippen molar-refractivity contribution < 1.29 is 22.0 Å². The number of hydrogen-bond acceptors (Lipinski definition) is 7. The summed E-state index contributed by atoms with van der Waals surface area (Å²) in [7, 11) is 0. The van der Waals surface area contributed by atoms with Crippen molar-refractivity contribution in [1.82, 2.24) is 0 Å². The van der Waals surface area contributed by atoms with Crippen LogP contribution in [0.2, 0.25) is 0 Å². The fourth-order valence-electron chi connectivity index (χ4n) is 5.92. The Kier molecular flexibility index (Phi) is 7.91. The van der Waals surface area contributed by atoms with E-state index >= 15 is 22.0 Å². The molecule has 7 aromatic rings. The lowest BCUT2D eigenvalue weighted by Gasteiger charge is -2.29. The van der Waals surface area contributed by atoms with Crippen molar-refractivity contribution in [3.05, 3.63) is 104 Å². The third-order valence-corrected chi connectivity index (χ3v) is 16.5. The molecule has 1 unspecified atom stereocenters. The van der Waals surface area contributed by atoms with Gasteiger partial charge in [0, 0.05) is 70.4 Å². The zero-order valence-electron chi connectivity index (χ0n) is 25.3. The molecular weight excluding hydrogens is 752 g/mol. The highest BCUT2D eigenvalue weighted by molar-refractivity contribution is 7.28. The second kappa shape index (κ2) is 11.7. The summed E-state index contributed by atoms with van der Waals surface area (Å²) in [6.45, 7) is 3.88. The minimum Gasteiger partial charge on any atom is -0.230 e. The fraction of sp³-hybridized carbons (Fsp3) is 0.167. The van der Waals surface area contributed by atoms with Crippen molar-refractivity contribution in [2.24, 2.45) is 0 Å². The Hall–Kier alpha value is -2.71. The molecule has 8 rings (SSSR count). The van der Waals surface area contributed by atoms with Gasteiger partial charge in [0.2, 0.25) is 5.67 Å². The van der Waals surface area contributed by atoms with Gasteiger partial charge in [-0.15, -0.1) is 79.4 Å². The molecule has 0 radical (unpaired) electrons. The van der Waals surface area contributed by atoms with Crippen molar-refractivity contribution in [1.29, 1.82) is 0 Å². The molecule has 0 spiro atoms. The van der Waals surface area contributed by atoms with Crippen LogP contribution >= 0.6 is 79.4 Å². The lowest BCUT2D eigenvalue weighted by atomic mass is 9.94.